The molecule has 0 N–H and O–H groups in total. The topological polar surface area (TPSA) is 25.8 Å². The van der Waals surface area contributed by atoms with Gasteiger partial charge in [-0.25, -0.2) is 4.98 Å². The van der Waals surface area contributed by atoms with Crippen LogP contribution in [0, 0.1) is 0 Å². The third kappa shape index (κ3) is 4.91. The first-order chi connectivity index (χ1) is 30.2. The number of hydrogen-bond acceptors (Lipinski definition) is 2. The smallest absolute Gasteiger partial charge is 0.0900 e. The summed E-state index contributed by atoms with van der Waals surface area (Å²) in [5.41, 5.74) is 20.3. The quantitative estimate of drug-likeness (QED) is 0.167. The van der Waals surface area contributed by atoms with Gasteiger partial charge in [0.25, 0.3) is 0 Å². The molecule has 61 heavy (non-hydrogen) atoms. The number of hydrogen-bond donors (Lipinski definition) is 0. The van der Waals surface area contributed by atoms with Crippen LogP contribution in [0.4, 0.5) is 0 Å². The molecule has 282 valence electrons. The van der Waals surface area contributed by atoms with Crippen LogP contribution < -0.4 is 0 Å². The predicted molar refractivity (Wildman–Crippen MR) is 253 cm³/mol. The summed E-state index contributed by atoms with van der Waals surface area (Å²) in [5.74, 6) is 0. The largest absolute Gasteiger partial charge is 0.255 e. The van der Waals surface area contributed by atoms with Crippen molar-refractivity contribution in [1.29, 1.82) is 0 Å². The average Bonchev–Trinajstić information content (AvgIpc) is 3.81. The third-order valence-corrected chi connectivity index (χ3v) is 13.3. The van der Waals surface area contributed by atoms with Gasteiger partial charge in [0, 0.05) is 11.6 Å². The molecule has 11 aromatic rings. The molecule has 0 aliphatic heterocycles. The second-order valence-corrected chi connectivity index (χ2v) is 16.4. The molecule has 2 aliphatic rings. The van der Waals surface area contributed by atoms with E-state index in [4.69, 9.17) is 4.98 Å². The molecular weight excluding hydrogens is 737 g/mol. The lowest BCUT2D eigenvalue weighted by molar-refractivity contribution is 0.794. The Morgan fingerprint density at radius 2 is 0.885 bits per heavy atom. The van der Waals surface area contributed by atoms with E-state index < -0.39 is 0 Å². The van der Waals surface area contributed by atoms with E-state index in [0.29, 0.717) is 0 Å². The fourth-order valence-corrected chi connectivity index (χ4v) is 10.7. The van der Waals surface area contributed by atoms with Gasteiger partial charge in [-0.05, 0) is 142 Å². The first-order valence-corrected chi connectivity index (χ1v) is 21.1. The molecule has 0 radical (unpaired) electrons. The van der Waals surface area contributed by atoms with Crippen molar-refractivity contribution in [2.45, 2.75) is 5.41 Å². The van der Waals surface area contributed by atoms with E-state index in [1.165, 1.54) is 82.7 Å². The van der Waals surface area contributed by atoms with E-state index in [9.17, 15) is 0 Å². The van der Waals surface area contributed by atoms with Gasteiger partial charge in [0.15, 0.2) is 0 Å². The molecule has 0 atom stereocenters. The second-order valence-electron chi connectivity index (χ2n) is 16.4. The van der Waals surface area contributed by atoms with Crippen molar-refractivity contribution < 1.29 is 0 Å². The van der Waals surface area contributed by atoms with Gasteiger partial charge in [-0.2, -0.15) is 0 Å². The molecule has 2 aromatic heterocycles. The molecule has 0 saturated heterocycles. The highest BCUT2D eigenvalue weighted by molar-refractivity contribution is 6.10. The number of pyridine rings is 2. The zero-order valence-electron chi connectivity index (χ0n) is 33.2. The normalized spacial score (nSPS) is 13.0. The highest BCUT2D eigenvalue weighted by atomic mass is 14.8. The van der Waals surface area contributed by atoms with Crippen LogP contribution in [0.3, 0.4) is 0 Å². The number of rotatable bonds is 4. The Bertz CT molecular complexity index is 3540. The Labute approximate surface area is 354 Å². The standard InChI is InChI=1S/C59H36N2/c1-2-13-37(14-3-1)49-36-57(56-23-10-11-32-60-56)61-55-31-28-39(35-50(49)55)38-26-29-43-40(33-38)24-25-41-34-42(27-30-44(41)43)45-18-12-22-54-58(45)48-17-6-9-21-53(48)59(54)51-19-7-4-15-46(51)47-16-5-8-20-52(47)59/h1-36H. The van der Waals surface area contributed by atoms with Gasteiger partial charge in [-0.1, -0.05) is 170 Å². The average molecular weight is 773 g/mol. The number of fused-ring (bicyclic) bond motifs is 14. The van der Waals surface area contributed by atoms with Crippen molar-refractivity contribution in [3.63, 3.8) is 0 Å². The predicted octanol–water partition coefficient (Wildman–Crippen LogP) is 14.9. The number of aromatic nitrogens is 2. The van der Waals surface area contributed by atoms with Crippen LogP contribution in [0.5, 0.6) is 0 Å². The van der Waals surface area contributed by atoms with E-state index in [2.05, 4.69) is 199 Å². The molecule has 9 aromatic carbocycles. The van der Waals surface area contributed by atoms with Crippen LogP contribution in [0.2, 0.25) is 0 Å². The summed E-state index contributed by atoms with van der Waals surface area (Å²) in [7, 11) is 0. The van der Waals surface area contributed by atoms with Crippen LogP contribution in [0.15, 0.2) is 219 Å². The lowest BCUT2D eigenvalue weighted by Crippen LogP contribution is -2.25. The minimum atomic E-state index is -0.354. The fourth-order valence-electron chi connectivity index (χ4n) is 10.7. The summed E-state index contributed by atoms with van der Waals surface area (Å²) in [6.45, 7) is 0. The van der Waals surface area contributed by atoms with Gasteiger partial charge >= 0.3 is 0 Å². The van der Waals surface area contributed by atoms with E-state index in [1.807, 2.05) is 24.4 Å². The van der Waals surface area contributed by atoms with Crippen molar-refractivity contribution in [1.82, 2.24) is 9.97 Å². The first-order valence-electron chi connectivity index (χ1n) is 21.1. The minimum absolute atomic E-state index is 0.354. The van der Waals surface area contributed by atoms with Gasteiger partial charge < -0.3 is 0 Å². The SMILES string of the molecule is c1ccc(-c2cc(-c3ccccn3)nc3ccc(-c4ccc5c(ccc6cc(-c7cccc8c7-c7ccccc7C87c8ccccc8-c8ccccc87)ccc65)c4)cc23)cc1. The monoisotopic (exact) mass is 772 g/mol. The Balaban J connectivity index is 0.920. The lowest BCUT2D eigenvalue weighted by atomic mass is 9.70. The van der Waals surface area contributed by atoms with Crippen molar-refractivity contribution >= 4 is 32.4 Å². The Morgan fingerprint density at radius 1 is 0.311 bits per heavy atom. The summed E-state index contributed by atoms with van der Waals surface area (Å²) < 4.78 is 0. The summed E-state index contributed by atoms with van der Waals surface area (Å²) in [6.07, 6.45) is 1.82. The van der Waals surface area contributed by atoms with Crippen molar-refractivity contribution in [2.24, 2.45) is 0 Å². The van der Waals surface area contributed by atoms with Gasteiger partial charge in [0.1, 0.15) is 0 Å². The molecule has 0 unspecified atom stereocenters. The highest BCUT2D eigenvalue weighted by Gasteiger charge is 2.51. The highest BCUT2D eigenvalue weighted by Crippen LogP contribution is 2.64. The van der Waals surface area contributed by atoms with Gasteiger partial charge in [0.05, 0.1) is 22.3 Å². The van der Waals surface area contributed by atoms with E-state index >= 15 is 0 Å². The maximum atomic E-state index is 5.08. The van der Waals surface area contributed by atoms with Crippen molar-refractivity contribution in [3.05, 3.63) is 241 Å². The van der Waals surface area contributed by atoms with Gasteiger partial charge in [-0.15, -0.1) is 0 Å². The molecule has 2 aliphatic carbocycles. The summed E-state index contributed by atoms with van der Waals surface area (Å²) in [5, 5.41) is 6.09. The lowest BCUT2D eigenvalue weighted by Gasteiger charge is -2.30. The van der Waals surface area contributed by atoms with Gasteiger partial charge in [0.2, 0.25) is 0 Å². The van der Waals surface area contributed by atoms with Crippen LogP contribution >= 0.6 is 0 Å². The first kappa shape index (κ1) is 34.0. The zero-order valence-corrected chi connectivity index (χ0v) is 33.2. The molecule has 0 amide bonds. The van der Waals surface area contributed by atoms with Gasteiger partial charge in [-0.3, -0.25) is 4.98 Å². The molecule has 0 bridgehead atoms. The molecule has 0 fully saturated rings. The Hall–Kier alpha value is -7.94. The van der Waals surface area contributed by atoms with E-state index in [1.54, 1.807) is 0 Å². The fraction of sp³-hybridized carbons (Fsp3) is 0.0169. The van der Waals surface area contributed by atoms with Crippen LogP contribution in [-0.2, 0) is 5.41 Å². The van der Waals surface area contributed by atoms with Crippen molar-refractivity contribution in [3.8, 4) is 67.0 Å². The summed E-state index contributed by atoms with van der Waals surface area (Å²) in [6, 6.07) is 78.0. The zero-order chi connectivity index (χ0) is 40.1. The maximum absolute atomic E-state index is 5.08. The van der Waals surface area contributed by atoms with Crippen LogP contribution in [0.25, 0.3) is 99.5 Å². The van der Waals surface area contributed by atoms with E-state index in [0.717, 1.165) is 39.0 Å². The molecule has 2 heterocycles. The Kier molecular flexibility index (Phi) is 7.26. The Morgan fingerprint density at radius 3 is 1.61 bits per heavy atom. The summed E-state index contributed by atoms with van der Waals surface area (Å²) >= 11 is 0. The minimum Gasteiger partial charge on any atom is -0.255 e. The number of benzene rings is 9. The maximum Gasteiger partial charge on any atom is 0.0900 e. The van der Waals surface area contributed by atoms with E-state index in [-0.39, 0.29) is 5.41 Å². The molecule has 2 heteroatoms. The number of nitrogens with zero attached hydrogens (tertiary/aromatic N) is 2. The summed E-state index contributed by atoms with van der Waals surface area (Å²) in [4.78, 5) is 9.70. The van der Waals surface area contributed by atoms with Crippen LogP contribution in [-0.4, -0.2) is 9.97 Å². The molecule has 1 spiro atoms. The molecule has 13 rings (SSSR count). The van der Waals surface area contributed by atoms with Crippen molar-refractivity contribution in [2.75, 3.05) is 0 Å². The van der Waals surface area contributed by atoms with Crippen LogP contribution in [0.1, 0.15) is 22.3 Å². The molecule has 2 nitrogen and oxygen atoms in total. The molecular formula is C59H36N2. The third-order valence-electron chi connectivity index (χ3n) is 13.3. The second kappa shape index (κ2) is 13.0. The molecule has 0 saturated carbocycles.